The molecule has 67 valence electrons. The van der Waals surface area contributed by atoms with E-state index in [1.165, 1.54) is 6.92 Å². The van der Waals surface area contributed by atoms with Gasteiger partial charge in [-0.2, -0.15) is 17.6 Å². The summed E-state index contributed by atoms with van der Waals surface area (Å²) in [6, 6.07) is 0. The number of ether oxygens (including phenoxy) is 1. The Bertz CT molecular complexity index is 118. The predicted molar refractivity (Wildman–Crippen MR) is 31.5 cm³/mol. The summed E-state index contributed by atoms with van der Waals surface area (Å²) in [5, 5.41) is 0. The van der Waals surface area contributed by atoms with E-state index >= 15 is 0 Å². The molecule has 0 bridgehead atoms. The molecule has 0 unspecified atom stereocenters. The average Bonchev–Trinajstić information content (AvgIpc) is 1.81. The Hall–Kier alpha value is -0.320. The fourth-order valence-electron chi connectivity index (χ4n) is 0.336. The fraction of sp³-hybridized carbons (Fsp3) is 0.833. The van der Waals surface area contributed by atoms with Crippen LogP contribution in [-0.4, -0.2) is 18.6 Å². The Balaban J connectivity index is 4.00. The summed E-state index contributed by atoms with van der Waals surface area (Å²) in [5.41, 5.74) is 0. The van der Waals surface area contributed by atoms with Gasteiger partial charge >= 0.3 is 12.0 Å². The third-order valence-corrected chi connectivity index (χ3v) is 0.913. The van der Waals surface area contributed by atoms with Crippen molar-refractivity contribution >= 4 is 0 Å². The van der Waals surface area contributed by atoms with Crippen LogP contribution in [0.25, 0.3) is 0 Å². The second-order valence-corrected chi connectivity index (χ2v) is 2.07. The summed E-state index contributed by atoms with van der Waals surface area (Å²) in [6.07, 6.45) is -4.20. The summed E-state index contributed by atoms with van der Waals surface area (Å²) in [6.45, 7) is 3.12. The van der Waals surface area contributed by atoms with Crippen molar-refractivity contribution in [2.45, 2.75) is 25.4 Å². The summed E-state index contributed by atoms with van der Waals surface area (Å²) < 4.78 is 51.4. The van der Waals surface area contributed by atoms with Crippen LogP contribution < -0.4 is 0 Å². The number of alkyl halides is 4. The normalized spacial score (nSPS) is 13.6. The zero-order valence-corrected chi connectivity index (χ0v) is 6.04. The summed E-state index contributed by atoms with van der Waals surface area (Å²) in [4.78, 5) is 0. The Morgan fingerprint density at radius 1 is 1.27 bits per heavy atom. The van der Waals surface area contributed by atoms with Crippen LogP contribution in [0.1, 0.15) is 13.3 Å². The lowest BCUT2D eigenvalue weighted by Crippen LogP contribution is -2.40. The second-order valence-electron chi connectivity index (χ2n) is 2.07. The van der Waals surface area contributed by atoms with E-state index in [0.717, 1.165) is 0 Å². The molecule has 0 atom stereocenters. The lowest BCUT2D eigenvalue weighted by Gasteiger charge is -2.22. The zero-order valence-electron chi connectivity index (χ0n) is 6.04. The average molecular weight is 173 g/mol. The summed E-state index contributed by atoms with van der Waals surface area (Å²) >= 11 is 0. The largest absolute Gasteiger partial charge is 0.419 e. The first-order valence-corrected chi connectivity index (χ1v) is 3.06. The highest BCUT2D eigenvalue weighted by Gasteiger charge is 2.53. The van der Waals surface area contributed by atoms with E-state index in [2.05, 4.69) is 4.74 Å². The Morgan fingerprint density at radius 2 is 1.73 bits per heavy atom. The molecule has 0 heterocycles. The first kappa shape index (κ1) is 10.7. The van der Waals surface area contributed by atoms with Crippen LogP contribution >= 0.6 is 0 Å². The van der Waals surface area contributed by atoms with Gasteiger partial charge in [-0.25, -0.2) is 0 Å². The third-order valence-electron chi connectivity index (χ3n) is 0.913. The Morgan fingerprint density at radius 3 is 2.00 bits per heavy atom. The molecule has 0 aliphatic rings. The monoisotopic (exact) mass is 173 g/mol. The summed E-state index contributed by atoms with van der Waals surface area (Å²) in [7, 11) is 0. The molecule has 0 aliphatic carbocycles. The van der Waals surface area contributed by atoms with E-state index in [9.17, 15) is 17.6 Å². The van der Waals surface area contributed by atoms with Crippen LogP contribution in [0.5, 0.6) is 0 Å². The molecular weight excluding hydrogens is 164 g/mol. The van der Waals surface area contributed by atoms with E-state index < -0.39 is 18.6 Å². The van der Waals surface area contributed by atoms with Gasteiger partial charge in [-0.1, -0.05) is 6.92 Å². The van der Waals surface area contributed by atoms with Crippen molar-refractivity contribution in [1.82, 2.24) is 0 Å². The van der Waals surface area contributed by atoms with Gasteiger partial charge in [-0.3, -0.25) is 0 Å². The molecule has 0 spiro atoms. The van der Waals surface area contributed by atoms with Gasteiger partial charge in [0.2, 0.25) is 0 Å². The number of hydrogen-bond acceptors (Lipinski definition) is 1. The lowest BCUT2D eigenvalue weighted by atomic mass is 10.3. The first-order chi connectivity index (χ1) is 4.81. The van der Waals surface area contributed by atoms with E-state index in [1.54, 1.807) is 0 Å². The van der Waals surface area contributed by atoms with Crippen molar-refractivity contribution in [3.63, 3.8) is 0 Å². The predicted octanol–water partition coefficient (Wildman–Crippen LogP) is 2.48. The molecule has 0 aromatic heterocycles. The van der Waals surface area contributed by atoms with Gasteiger partial charge in [-0.15, -0.1) is 0 Å². The van der Waals surface area contributed by atoms with Crippen molar-refractivity contribution in [3.8, 4) is 0 Å². The maximum atomic E-state index is 12.1. The molecule has 0 saturated heterocycles. The number of hydrogen-bond donors (Lipinski definition) is 0. The van der Waals surface area contributed by atoms with Crippen molar-refractivity contribution < 1.29 is 22.3 Å². The molecule has 0 N–H and O–H groups in total. The Labute approximate surface area is 62.3 Å². The minimum Gasteiger partial charge on any atom is -0.316 e. The molecule has 0 aliphatic heterocycles. The summed E-state index contributed by atoms with van der Waals surface area (Å²) in [5.74, 6) is -4.36. The maximum Gasteiger partial charge on any atom is 0.419 e. The van der Waals surface area contributed by atoms with Crippen LogP contribution in [-0.2, 0) is 4.74 Å². The molecule has 0 aromatic rings. The van der Waals surface area contributed by atoms with Crippen LogP contribution in [0.2, 0.25) is 0 Å². The fourth-order valence-corrected chi connectivity index (χ4v) is 0.336. The minimum absolute atomic E-state index is 0.256. The third kappa shape index (κ3) is 3.05. The molecule has 11 heavy (non-hydrogen) atoms. The van der Waals surface area contributed by atoms with Crippen molar-refractivity contribution in [2.24, 2.45) is 0 Å². The maximum absolute atomic E-state index is 12.1. The SMILES string of the molecule is [CH2]C(F)(F)C(F)(F)OCCC. The highest BCUT2D eigenvalue weighted by Crippen LogP contribution is 2.34. The van der Waals surface area contributed by atoms with Gasteiger partial charge in [0.15, 0.2) is 0 Å². The highest BCUT2D eigenvalue weighted by molar-refractivity contribution is 4.78. The molecule has 1 radical (unpaired) electrons. The molecule has 5 heteroatoms. The van der Waals surface area contributed by atoms with E-state index in [0.29, 0.717) is 0 Å². The number of halogens is 4. The molecule has 1 nitrogen and oxygen atoms in total. The topological polar surface area (TPSA) is 9.23 Å². The van der Waals surface area contributed by atoms with Crippen LogP contribution in [0, 0.1) is 6.92 Å². The van der Waals surface area contributed by atoms with E-state index in [-0.39, 0.29) is 6.42 Å². The first-order valence-electron chi connectivity index (χ1n) is 3.06. The van der Waals surface area contributed by atoms with Gasteiger partial charge < -0.3 is 4.74 Å². The molecule has 0 amide bonds. The highest BCUT2D eigenvalue weighted by atomic mass is 19.3. The molecule has 0 fully saturated rings. The molecule has 0 aromatic carbocycles. The number of rotatable bonds is 4. The molecular formula is C6H9F4O. The standard InChI is InChI=1S/C6H9F4O/c1-3-4-11-6(9,10)5(2,7)8/h2-4H2,1H3. The quantitative estimate of drug-likeness (QED) is 0.593. The van der Waals surface area contributed by atoms with Crippen molar-refractivity contribution in [2.75, 3.05) is 6.61 Å². The van der Waals surface area contributed by atoms with Gasteiger partial charge in [0.25, 0.3) is 0 Å². The van der Waals surface area contributed by atoms with Crippen LogP contribution in [0.3, 0.4) is 0 Å². The van der Waals surface area contributed by atoms with E-state index in [1.807, 2.05) is 6.92 Å². The smallest absolute Gasteiger partial charge is 0.316 e. The van der Waals surface area contributed by atoms with Gasteiger partial charge in [0.1, 0.15) is 0 Å². The van der Waals surface area contributed by atoms with Crippen molar-refractivity contribution in [1.29, 1.82) is 0 Å². The van der Waals surface area contributed by atoms with Gasteiger partial charge in [0, 0.05) is 6.92 Å². The van der Waals surface area contributed by atoms with E-state index in [4.69, 9.17) is 0 Å². The molecule has 0 rings (SSSR count). The van der Waals surface area contributed by atoms with Crippen LogP contribution in [0.4, 0.5) is 17.6 Å². The van der Waals surface area contributed by atoms with Gasteiger partial charge in [-0.05, 0) is 6.42 Å². The zero-order chi connectivity index (χ0) is 9.12. The van der Waals surface area contributed by atoms with Crippen LogP contribution in [0.15, 0.2) is 0 Å². The lowest BCUT2D eigenvalue weighted by molar-refractivity contribution is -0.331. The minimum atomic E-state index is -4.46. The van der Waals surface area contributed by atoms with Crippen molar-refractivity contribution in [3.05, 3.63) is 6.92 Å². The molecule has 0 saturated carbocycles. The Kier molecular flexibility index (Phi) is 3.29. The van der Waals surface area contributed by atoms with Gasteiger partial charge in [0.05, 0.1) is 6.61 Å². The second kappa shape index (κ2) is 3.38.